The minimum Gasteiger partial charge on any atom is -0.372 e. The molecule has 1 N–H and O–H groups in total. The first-order chi connectivity index (χ1) is 8.69. The normalized spacial score (nSPS) is 18.2. The van der Waals surface area contributed by atoms with Crippen molar-refractivity contribution in [3.63, 3.8) is 0 Å². The molecule has 0 amide bonds. The van der Waals surface area contributed by atoms with Gasteiger partial charge >= 0.3 is 0 Å². The fraction of sp³-hybridized carbons (Fsp3) is 0.692. The van der Waals surface area contributed by atoms with Gasteiger partial charge in [-0.2, -0.15) is 0 Å². The SMILES string of the molecule is CNc1cnc(CN2CCC(N(C)C)CC2)cn1. The first-order valence-corrected chi connectivity index (χ1v) is 6.56. The first-order valence-electron chi connectivity index (χ1n) is 6.56. The highest BCUT2D eigenvalue weighted by Gasteiger charge is 2.20. The second kappa shape index (κ2) is 6.11. The van der Waals surface area contributed by atoms with Gasteiger partial charge in [-0.05, 0) is 26.9 Å². The maximum Gasteiger partial charge on any atom is 0.144 e. The zero-order valence-corrected chi connectivity index (χ0v) is 11.6. The number of piperidine rings is 1. The summed E-state index contributed by atoms with van der Waals surface area (Å²) in [5, 5.41) is 2.98. The Morgan fingerprint density at radius 1 is 1.28 bits per heavy atom. The van der Waals surface area contributed by atoms with Gasteiger partial charge in [0.25, 0.3) is 0 Å². The highest BCUT2D eigenvalue weighted by Crippen LogP contribution is 2.15. The standard InChI is InChI=1S/C13H23N5/c1-14-13-9-15-11(8-16-13)10-18-6-4-12(5-7-18)17(2)3/h8-9,12H,4-7,10H2,1-3H3,(H,14,16). The van der Waals surface area contributed by atoms with Crippen molar-refractivity contribution in [2.75, 3.05) is 39.5 Å². The molecule has 0 spiro atoms. The molecular weight excluding hydrogens is 226 g/mol. The number of aromatic nitrogens is 2. The van der Waals surface area contributed by atoms with E-state index in [1.807, 2.05) is 13.2 Å². The topological polar surface area (TPSA) is 44.3 Å². The average molecular weight is 249 g/mol. The first kappa shape index (κ1) is 13.2. The molecule has 1 fully saturated rings. The van der Waals surface area contributed by atoms with Crippen LogP contribution in [0.2, 0.25) is 0 Å². The minimum atomic E-state index is 0.735. The monoisotopic (exact) mass is 249 g/mol. The van der Waals surface area contributed by atoms with Crippen molar-refractivity contribution in [2.24, 2.45) is 0 Å². The summed E-state index contributed by atoms with van der Waals surface area (Å²) in [5.41, 5.74) is 1.05. The number of rotatable bonds is 4. The largest absolute Gasteiger partial charge is 0.372 e. The summed E-state index contributed by atoms with van der Waals surface area (Å²) in [4.78, 5) is 13.5. The smallest absolute Gasteiger partial charge is 0.144 e. The predicted molar refractivity (Wildman–Crippen MR) is 73.6 cm³/mol. The predicted octanol–water partition coefficient (Wildman–Crippen LogP) is 1.04. The molecule has 0 atom stereocenters. The van der Waals surface area contributed by atoms with E-state index in [2.05, 4.69) is 39.2 Å². The van der Waals surface area contributed by atoms with E-state index < -0.39 is 0 Å². The zero-order valence-electron chi connectivity index (χ0n) is 11.6. The third-order valence-corrected chi connectivity index (χ3v) is 3.63. The van der Waals surface area contributed by atoms with Crippen LogP contribution in [0.5, 0.6) is 0 Å². The van der Waals surface area contributed by atoms with Gasteiger partial charge in [-0.25, -0.2) is 4.98 Å². The van der Waals surface area contributed by atoms with Crippen LogP contribution in [0.15, 0.2) is 12.4 Å². The Balaban J connectivity index is 1.83. The lowest BCUT2D eigenvalue weighted by Gasteiger charge is -2.34. The second-order valence-corrected chi connectivity index (χ2v) is 5.11. The van der Waals surface area contributed by atoms with E-state index in [1.165, 1.54) is 12.8 Å². The summed E-state index contributed by atoms with van der Waals surface area (Å²) in [6.07, 6.45) is 6.15. The van der Waals surface area contributed by atoms with E-state index >= 15 is 0 Å². The van der Waals surface area contributed by atoms with Crippen molar-refractivity contribution in [3.8, 4) is 0 Å². The van der Waals surface area contributed by atoms with Crippen LogP contribution in [0.1, 0.15) is 18.5 Å². The molecule has 0 aromatic carbocycles. The van der Waals surface area contributed by atoms with Gasteiger partial charge in [0, 0.05) is 32.7 Å². The number of likely N-dealkylation sites (tertiary alicyclic amines) is 1. The number of nitrogens with one attached hydrogen (secondary N) is 1. The number of anilines is 1. The maximum atomic E-state index is 4.42. The molecule has 0 radical (unpaired) electrons. The Morgan fingerprint density at radius 3 is 2.50 bits per heavy atom. The Morgan fingerprint density at radius 2 is 2.00 bits per heavy atom. The molecule has 2 rings (SSSR count). The molecular formula is C13H23N5. The Labute approximate surface area is 109 Å². The summed E-state index contributed by atoms with van der Waals surface area (Å²) in [6, 6.07) is 0.735. The summed E-state index contributed by atoms with van der Waals surface area (Å²) in [6.45, 7) is 3.22. The van der Waals surface area contributed by atoms with Crippen molar-refractivity contribution in [1.29, 1.82) is 0 Å². The average Bonchev–Trinajstić information content (AvgIpc) is 2.40. The van der Waals surface area contributed by atoms with Gasteiger partial charge in [0.05, 0.1) is 18.1 Å². The van der Waals surface area contributed by atoms with E-state index in [0.717, 1.165) is 37.2 Å². The zero-order chi connectivity index (χ0) is 13.0. The molecule has 0 unspecified atom stereocenters. The number of hydrogen-bond acceptors (Lipinski definition) is 5. The van der Waals surface area contributed by atoms with Gasteiger partial charge in [-0.15, -0.1) is 0 Å². The van der Waals surface area contributed by atoms with Gasteiger partial charge < -0.3 is 10.2 Å². The van der Waals surface area contributed by atoms with Crippen LogP contribution < -0.4 is 5.32 Å². The maximum absolute atomic E-state index is 4.42. The molecule has 1 aliphatic rings. The summed E-state index contributed by atoms with van der Waals surface area (Å²) in [7, 11) is 6.19. The molecule has 1 aromatic rings. The van der Waals surface area contributed by atoms with Crippen molar-refractivity contribution < 1.29 is 0 Å². The van der Waals surface area contributed by atoms with Gasteiger partial charge in [0.15, 0.2) is 0 Å². The van der Waals surface area contributed by atoms with Gasteiger partial charge in [0.2, 0.25) is 0 Å². The van der Waals surface area contributed by atoms with Crippen LogP contribution in [0, 0.1) is 0 Å². The molecule has 0 bridgehead atoms. The number of hydrogen-bond donors (Lipinski definition) is 1. The van der Waals surface area contributed by atoms with Crippen molar-refractivity contribution in [2.45, 2.75) is 25.4 Å². The molecule has 0 aliphatic carbocycles. The van der Waals surface area contributed by atoms with E-state index in [0.29, 0.717) is 0 Å². The molecule has 1 saturated heterocycles. The summed E-state index contributed by atoms with van der Waals surface area (Å²) < 4.78 is 0. The highest BCUT2D eigenvalue weighted by atomic mass is 15.2. The third kappa shape index (κ3) is 3.40. The summed E-state index contributed by atoms with van der Waals surface area (Å²) in [5.74, 6) is 0.824. The molecule has 0 saturated carbocycles. The Kier molecular flexibility index (Phi) is 4.49. The van der Waals surface area contributed by atoms with Crippen LogP contribution in [-0.2, 0) is 6.54 Å². The van der Waals surface area contributed by atoms with Crippen LogP contribution in [0.25, 0.3) is 0 Å². The van der Waals surface area contributed by atoms with Crippen LogP contribution in [0.4, 0.5) is 5.82 Å². The van der Waals surface area contributed by atoms with Gasteiger partial charge in [0.1, 0.15) is 5.82 Å². The van der Waals surface area contributed by atoms with Crippen molar-refractivity contribution in [1.82, 2.24) is 19.8 Å². The second-order valence-electron chi connectivity index (χ2n) is 5.11. The summed E-state index contributed by atoms with van der Waals surface area (Å²) >= 11 is 0. The van der Waals surface area contributed by atoms with E-state index in [9.17, 15) is 0 Å². The van der Waals surface area contributed by atoms with Crippen molar-refractivity contribution >= 4 is 5.82 Å². The molecule has 100 valence electrons. The highest BCUT2D eigenvalue weighted by molar-refractivity contribution is 5.29. The molecule has 1 aliphatic heterocycles. The van der Waals surface area contributed by atoms with Crippen molar-refractivity contribution in [3.05, 3.63) is 18.1 Å². The quantitative estimate of drug-likeness (QED) is 0.864. The van der Waals surface area contributed by atoms with Crippen LogP contribution in [0.3, 0.4) is 0 Å². The van der Waals surface area contributed by atoms with Crippen LogP contribution in [-0.4, -0.2) is 60.0 Å². The van der Waals surface area contributed by atoms with Gasteiger partial charge in [-0.3, -0.25) is 9.88 Å². The molecule has 1 aromatic heterocycles. The number of nitrogens with zero attached hydrogens (tertiary/aromatic N) is 4. The van der Waals surface area contributed by atoms with Gasteiger partial charge in [-0.1, -0.05) is 0 Å². The Hall–Kier alpha value is -1.20. The van der Waals surface area contributed by atoms with Crippen LogP contribution >= 0.6 is 0 Å². The van der Waals surface area contributed by atoms with E-state index in [4.69, 9.17) is 0 Å². The van der Waals surface area contributed by atoms with E-state index in [1.54, 1.807) is 6.20 Å². The van der Waals surface area contributed by atoms with E-state index in [-0.39, 0.29) is 0 Å². The minimum absolute atomic E-state index is 0.735. The molecule has 18 heavy (non-hydrogen) atoms. The lowest BCUT2D eigenvalue weighted by atomic mass is 10.0. The lowest BCUT2D eigenvalue weighted by molar-refractivity contribution is 0.139. The molecule has 2 heterocycles. The third-order valence-electron chi connectivity index (χ3n) is 3.63. The lowest BCUT2D eigenvalue weighted by Crippen LogP contribution is -2.41. The fourth-order valence-corrected chi connectivity index (χ4v) is 2.39. The Bertz CT molecular complexity index is 354. The molecule has 5 heteroatoms. The fourth-order valence-electron chi connectivity index (χ4n) is 2.39. The molecule has 5 nitrogen and oxygen atoms in total.